The molecule has 0 bridgehead atoms. The molecule has 0 heterocycles. The van der Waals surface area contributed by atoms with Crippen molar-refractivity contribution in [3.8, 4) is 0 Å². The van der Waals surface area contributed by atoms with Gasteiger partial charge in [-0.25, -0.2) is 0 Å². The predicted molar refractivity (Wildman–Crippen MR) is 175 cm³/mol. The van der Waals surface area contributed by atoms with Crippen molar-refractivity contribution in [3.63, 3.8) is 0 Å². The van der Waals surface area contributed by atoms with E-state index in [9.17, 15) is 0 Å². The molecule has 3 atom stereocenters. The van der Waals surface area contributed by atoms with Crippen LogP contribution in [-0.4, -0.2) is 17.0 Å². The second kappa shape index (κ2) is 22.6. The first kappa shape index (κ1) is 40.0. The number of rotatable bonds is 16. The fourth-order valence-corrected chi connectivity index (χ4v) is 11.3. The van der Waals surface area contributed by atoms with Gasteiger partial charge in [0.05, 0.1) is 0 Å². The van der Waals surface area contributed by atoms with Crippen molar-refractivity contribution < 1.29 is 21.7 Å². The zero-order valence-electron chi connectivity index (χ0n) is 27.7. The fourth-order valence-electron chi connectivity index (χ4n) is 5.71. The van der Waals surface area contributed by atoms with Gasteiger partial charge in [-0.3, -0.25) is 4.74 Å². The van der Waals surface area contributed by atoms with Crippen LogP contribution in [0.5, 0.6) is 0 Å². The van der Waals surface area contributed by atoms with E-state index in [1.54, 1.807) is 0 Å². The number of nitrogens with zero attached hydrogens (tertiary/aromatic N) is 1. The Labute approximate surface area is 255 Å². The fraction of sp³-hybridized carbons (Fsp3) is 0.771. The molecule has 0 aromatic heterocycles. The molecule has 0 radical (unpaired) electrons. The number of hydrogen-bond donors (Lipinski definition) is 0. The standard InChI is InChI=1S/C23H44NP.C12H22.Ti/c1-7-10-15-20(4)25(21(5)16-11-8-2,22(6)17-12-9-3)24-23-18-13-14-19-23;1-9(2)7-11(5)12(6)8-10(3)4;/h13-14,18,20-22H,7-12,15-17,19H2,1-6H3;7-10H,1-6H3;. The maximum atomic E-state index is 5.68. The van der Waals surface area contributed by atoms with Crippen molar-refractivity contribution in [1.29, 1.82) is 0 Å². The Bertz CT molecular complexity index is 719. The van der Waals surface area contributed by atoms with Crippen molar-refractivity contribution in [3.05, 3.63) is 47.2 Å². The first-order valence-electron chi connectivity index (χ1n) is 15.8. The van der Waals surface area contributed by atoms with Gasteiger partial charge in [0.1, 0.15) is 0 Å². The molecule has 1 aliphatic rings. The van der Waals surface area contributed by atoms with Crippen LogP contribution in [0.1, 0.15) is 147 Å². The van der Waals surface area contributed by atoms with E-state index in [-0.39, 0.29) is 21.7 Å². The normalized spacial score (nSPS) is 17.8. The molecule has 0 saturated carbocycles. The van der Waals surface area contributed by atoms with Crippen LogP contribution in [0.25, 0.3) is 0 Å². The molecule has 3 heteroatoms. The molecule has 0 aliphatic heterocycles. The molecule has 220 valence electrons. The summed E-state index contributed by atoms with van der Waals surface area (Å²) in [6.07, 6.45) is 24.5. The van der Waals surface area contributed by atoms with E-state index in [0.717, 1.165) is 23.4 Å². The summed E-state index contributed by atoms with van der Waals surface area (Å²) in [5, 5.41) is 0. The van der Waals surface area contributed by atoms with Crippen LogP contribution in [-0.2, 0) is 21.7 Å². The Kier molecular flexibility index (Phi) is 23.8. The van der Waals surface area contributed by atoms with Crippen LogP contribution < -0.4 is 0 Å². The van der Waals surface area contributed by atoms with E-state index in [4.69, 9.17) is 4.74 Å². The van der Waals surface area contributed by atoms with Gasteiger partial charge in [0.25, 0.3) is 0 Å². The molecule has 0 spiro atoms. The third kappa shape index (κ3) is 15.1. The molecule has 1 rings (SSSR count). The Morgan fingerprint density at radius 2 is 1.11 bits per heavy atom. The maximum Gasteiger partial charge on any atom is 0.0425 e. The summed E-state index contributed by atoms with van der Waals surface area (Å²) in [4.78, 5) is 0. The van der Waals surface area contributed by atoms with Crippen molar-refractivity contribution in [1.82, 2.24) is 0 Å². The van der Waals surface area contributed by atoms with Crippen molar-refractivity contribution in [2.45, 2.75) is 164 Å². The van der Waals surface area contributed by atoms with Crippen molar-refractivity contribution >= 4 is 7.05 Å². The third-order valence-electron chi connectivity index (χ3n) is 7.89. The van der Waals surface area contributed by atoms with E-state index in [1.165, 1.54) is 74.6 Å². The minimum atomic E-state index is -1.39. The molecular weight excluding hydrogens is 513 g/mol. The van der Waals surface area contributed by atoms with E-state index in [0.29, 0.717) is 11.8 Å². The Morgan fingerprint density at radius 1 is 0.737 bits per heavy atom. The monoisotopic (exact) mass is 579 g/mol. The first-order valence-corrected chi connectivity index (χ1v) is 17.7. The minimum absolute atomic E-state index is 0. The number of hydrogen-bond acceptors (Lipinski definition) is 1. The van der Waals surface area contributed by atoms with Crippen LogP contribution in [0.15, 0.2) is 52.0 Å². The number of unbranched alkanes of at least 4 members (excludes halogenated alkanes) is 3. The zero-order valence-corrected chi connectivity index (χ0v) is 30.2. The van der Waals surface area contributed by atoms with Crippen molar-refractivity contribution in [2.24, 2.45) is 16.6 Å². The third-order valence-corrected chi connectivity index (χ3v) is 13.5. The van der Waals surface area contributed by atoms with Gasteiger partial charge in [-0.05, 0) is 75.1 Å². The molecule has 38 heavy (non-hydrogen) atoms. The summed E-state index contributed by atoms with van der Waals surface area (Å²) in [6, 6.07) is 0. The van der Waals surface area contributed by atoms with Gasteiger partial charge in [-0.1, -0.05) is 143 Å². The summed E-state index contributed by atoms with van der Waals surface area (Å²) in [5.41, 5.74) is 6.51. The Morgan fingerprint density at radius 3 is 1.37 bits per heavy atom. The summed E-state index contributed by atoms with van der Waals surface area (Å²) in [5.74, 6) is 1.31. The molecular formula is C35H66NPTi. The summed E-state index contributed by atoms with van der Waals surface area (Å²) in [6.45, 7) is 27.8. The smallest absolute Gasteiger partial charge is 0.0425 e. The van der Waals surface area contributed by atoms with E-state index in [1.807, 2.05) is 0 Å². The average molecular weight is 580 g/mol. The van der Waals surface area contributed by atoms with Gasteiger partial charge < -0.3 is 0 Å². The van der Waals surface area contributed by atoms with E-state index >= 15 is 0 Å². The summed E-state index contributed by atoms with van der Waals surface area (Å²) >= 11 is 0. The molecule has 3 unspecified atom stereocenters. The zero-order chi connectivity index (χ0) is 28.4. The molecule has 0 N–H and O–H groups in total. The van der Waals surface area contributed by atoms with Gasteiger partial charge in [0.2, 0.25) is 0 Å². The maximum absolute atomic E-state index is 5.68. The topological polar surface area (TPSA) is 12.4 Å². The van der Waals surface area contributed by atoms with Gasteiger partial charge in [-0.15, -0.1) is 0 Å². The van der Waals surface area contributed by atoms with Gasteiger partial charge >= 0.3 is 0 Å². The Balaban J connectivity index is 0. The number of allylic oxidation sites excluding steroid dienone is 7. The summed E-state index contributed by atoms with van der Waals surface area (Å²) < 4.78 is 5.68. The van der Waals surface area contributed by atoms with E-state index < -0.39 is 7.05 Å². The quantitative estimate of drug-likeness (QED) is 0.0980. The Hall–Kier alpha value is -0.0957. The van der Waals surface area contributed by atoms with Crippen LogP contribution >= 0.6 is 7.05 Å². The SMILES string of the molecule is CC(=CC(C)C)C(C)=CC(C)C.CCCCC(C)P(=NC1=CC=CC1)(C(C)CCCC)C(C)CCCC.[Ti]. The van der Waals surface area contributed by atoms with Crippen LogP contribution in [0.3, 0.4) is 0 Å². The minimum Gasteiger partial charge on any atom is -0.271 e. The molecule has 0 saturated heterocycles. The second-order valence-electron chi connectivity index (χ2n) is 12.3. The average Bonchev–Trinajstić information content (AvgIpc) is 3.35. The largest absolute Gasteiger partial charge is 0.271 e. The molecule has 0 amide bonds. The molecule has 0 aromatic carbocycles. The van der Waals surface area contributed by atoms with Gasteiger partial charge in [-0.2, -0.15) is 0 Å². The van der Waals surface area contributed by atoms with E-state index in [2.05, 4.69) is 113 Å². The van der Waals surface area contributed by atoms with Gasteiger partial charge in [0, 0.05) is 33.8 Å². The van der Waals surface area contributed by atoms with Crippen LogP contribution in [0, 0.1) is 11.8 Å². The predicted octanol–water partition coefficient (Wildman–Crippen LogP) is 13.0. The first-order chi connectivity index (χ1) is 17.5. The van der Waals surface area contributed by atoms with Crippen LogP contribution in [0.4, 0.5) is 0 Å². The molecule has 0 aromatic rings. The molecule has 1 aliphatic carbocycles. The summed E-state index contributed by atoms with van der Waals surface area (Å²) in [7, 11) is -1.39. The second-order valence-corrected chi connectivity index (χ2v) is 16.8. The van der Waals surface area contributed by atoms with Gasteiger partial charge in [0.15, 0.2) is 0 Å². The molecule has 1 nitrogen and oxygen atoms in total. The van der Waals surface area contributed by atoms with Crippen molar-refractivity contribution in [2.75, 3.05) is 0 Å². The van der Waals surface area contributed by atoms with Crippen LogP contribution in [0.2, 0.25) is 0 Å². The molecule has 0 fully saturated rings.